The number of hydrazone groups is 1. The van der Waals surface area contributed by atoms with E-state index >= 15 is 0 Å². The lowest BCUT2D eigenvalue weighted by atomic mass is 9.96. The lowest BCUT2D eigenvalue weighted by molar-refractivity contribution is 0.412. The normalized spacial score (nSPS) is 15.3. The molecule has 1 aliphatic rings. The highest BCUT2D eigenvalue weighted by atomic mass is 127. The summed E-state index contributed by atoms with van der Waals surface area (Å²) in [5, 5.41) is 8.32. The van der Waals surface area contributed by atoms with Crippen LogP contribution in [0.25, 0.3) is 5.69 Å². The van der Waals surface area contributed by atoms with Gasteiger partial charge in [-0.3, -0.25) is 5.43 Å². The van der Waals surface area contributed by atoms with Gasteiger partial charge < -0.3 is 9.88 Å². The number of nitrogens with zero attached hydrogens (tertiary/aromatic N) is 2. The molecule has 6 heteroatoms. The lowest BCUT2D eigenvalue weighted by Crippen LogP contribution is -2.40. The second-order valence-corrected chi connectivity index (χ2v) is 8.47. The summed E-state index contributed by atoms with van der Waals surface area (Å²) in [6.45, 7) is 4.23. The summed E-state index contributed by atoms with van der Waals surface area (Å²) in [6, 6.07) is 11.2. The minimum atomic E-state index is 0.491. The maximum Gasteiger partial charge on any atom is 0.187 e. The molecule has 0 aliphatic heterocycles. The smallest absolute Gasteiger partial charge is 0.187 e. The van der Waals surface area contributed by atoms with Crippen molar-refractivity contribution in [2.45, 2.75) is 52.0 Å². The Morgan fingerprint density at radius 3 is 2.58 bits per heavy atom. The van der Waals surface area contributed by atoms with Crippen LogP contribution < -0.4 is 10.7 Å². The molecule has 0 unspecified atom stereocenters. The molecule has 1 aromatic carbocycles. The Balaban J connectivity index is 1.64. The van der Waals surface area contributed by atoms with Crippen molar-refractivity contribution in [3.05, 3.63) is 50.9 Å². The summed E-state index contributed by atoms with van der Waals surface area (Å²) in [6.07, 6.45) is 8.15. The number of nitrogens with one attached hydrogen (secondary N) is 2. The highest BCUT2D eigenvalue weighted by Crippen LogP contribution is 2.20. The van der Waals surface area contributed by atoms with Gasteiger partial charge in [0.1, 0.15) is 0 Å². The summed E-state index contributed by atoms with van der Waals surface area (Å²) in [5.41, 5.74) is 7.58. The molecule has 26 heavy (non-hydrogen) atoms. The van der Waals surface area contributed by atoms with E-state index in [9.17, 15) is 0 Å². The molecule has 2 N–H and O–H groups in total. The van der Waals surface area contributed by atoms with E-state index in [0.29, 0.717) is 11.2 Å². The third-order valence-corrected chi connectivity index (χ3v) is 5.79. The third kappa shape index (κ3) is 4.85. The molecule has 3 rings (SSSR count). The summed E-state index contributed by atoms with van der Waals surface area (Å²) in [4.78, 5) is 0. The number of aromatic nitrogens is 1. The highest BCUT2D eigenvalue weighted by Gasteiger charge is 2.13. The second-order valence-electron chi connectivity index (χ2n) is 6.82. The maximum atomic E-state index is 5.36. The zero-order valence-electron chi connectivity index (χ0n) is 15.3. The van der Waals surface area contributed by atoms with E-state index in [1.54, 1.807) is 0 Å². The topological polar surface area (TPSA) is 41.4 Å². The van der Waals surface area contributed by atoms with Gasteiger partial charge in [-0.05, 0) is 91.8 Å². The summed E-state index contributed by atoms with van der Waals surface area (Å²) in [7, 11) is 0. The number of benzene rings is 1. The van der Waals surface area contributed by atoms with Crippen molar-refractivity contribution < 1.29 is 0 Å². The van der Waals surface area contributed by atoms with Crippen LogP contribution in [-0.2, 0) is 0 Å². The van der Waals surface area contributed by atoms with Gasteiger partial charge in [-0.15, -0.1) is 0 Å². The molecular weight excluding hydrogens is 455 g/mol. The molecular formula is C20H25IN4S. The van der Waals surface area contributed by atoms with Crippen molar-refractivity contribution in [3.63, 3.8) is 0 Å². The van der Waals surface area contributed by atoms with Crippen molar-refractivity contribution in [1.82, 2.24) is 15.3 Å². The maximum absolute atomic E-state index is 5.36. The number of rotatable bonds is 4. The lowest BCUT2D eigenvalue weighted by Gasteiger charge is -2.23. The molecule has 1 heterocycles. The van der Waals surface area contributed by atoms with Crippen molar-refractivity contribution >= 4 is 46.1 Å². The summed E-state index contributed by atoms with van der Waals surface area (Å²) in [5.74, 6) is 0. The first-order valence-electron chi connectivity index (χ1n) is 9.09. The molecule has 2 aromatic rings. The first-order chi connectivity index (χ1) is 12.5. The van der Waals surface area contributed by atoms with Gasteiger partial charge >= 0.3 is 0 Å². The van der Waals surface area contributed by atoms with Crippen molar-refractivity contribution in [2.75, 3.05) is 0 Å². The molecule has 0 amide bonds. The Bertz CT molecular complexity index is 789. The monoisotopic (exact) mass is 480 g/mol. The van der Waals surface area contributed by atoms with Crippen LogP contribution in [0.2, 0.25) is 0 Å². The molecule has 0 bridgehead atoms. The average molecular weight is 480 g/mol. The standard InChI is InChI=1S/C20H25IN4S/c1-14-12-16(15(2)25(14)19-10-8-17(21)9-11-19)13-22-24-20(26)23-18-6-4-3-5-7-18/h8-13,18H,3-7H2,1-2H3,(H2,23,24,26). The van der Waals surface area contributed by atoms with Crippen LogP contribution in [0.15, 0.2) is 35.4 Å². The molecule has 1 aliphatic carbocycles. The van der Waals surface area contributed by atoms with E-state index in [0.717, 1.165) is 5.56 Å². The SMILES string of the molecule is Cc1cc(C=NNC(=S)NC2CCCCC2)c(C)n1-c1ccc(I)cc1. The Hall–Kier alpha value is -1.41. The van der Waals surface area contributed by atoms with Gasteiger partial charge in [0, 0.05) is 32.3 Å². The zero-order valence-corrected chi connectivity index (χ0v) is 18.2. The van der Waals surface area contributed by atoms with E-state index < -0.39 is 0 Å². The quantitative estimate of drug-likeness (QED) is 0.285. The summed E-state index contributed by atoms with van der Waals surface area (Å²) >= 11 is 7.69. The molecule has 0 atom stereocenters. The molecule has 1 aromatic heterocycles. The van der Waals surface area contributed by atoms with Crippen LogP contribution in [0, 0.1) is 17.4 Å². The number of hydrogen-bond donors (Lipinski definition) is 2. The van der Waals surface area contributed by atoms with Gasteiger partial charge in [0.15, 0.2) is 5.11 Å². The number of halogens is 1. The minimum Gasteiger partial charge on any atom is -0.359 e. The van der Waals surface area contributed by atoms with E-state index in [2.05, 4.69) is 87.2 Å². The first kappa shape index (κ1) is 19.4. The van der Waals surface area contributed by atoms with Gasteiger partial charge in [0.05, 0.1) is 6.21 Å². The Kier molecular flexibility index (Phi) is 6.69. The molecule has 1 saturated carbocycles. The van der Waals surface area contributed by atoms with Gasteiger partial charge in [0.25, 0.3) is 0 Å². The number of thiocarbonyl (C=S) groups is 1. The molecule has 1 fully saturated rings. The molecule has 0 radical (unpaired) electrons. The van der Waals surface area contributed by atoms with Gasteiger partial charge in [0.2, 0.25) is 0 Å². The van der Waals surface area contributed by atoms with E-state index in [1.165, 1.54) is 52.7 Å². The van der Waals surface area contributed by atoms with Crippen LogP contribution >= 0.6 is 34.8 Å². The molecule has 0 saturated heterocycles. The fourth-order valence-corrected chi connectivity index (χ4v) is 4.11. The Morgan fingerprint density at radius 1 is 1.19 bits per heavy atom. The van der Waals surface area contributed by atoms with Gasteiger partial charge in [-0.2, -0.15) is 5.10 Å². The predicted molar refractivity (Wildman–Crippen MR) is 121 cm³/mol. The zero-order chi connectivity index (χ0) is 18.5. The van der Waals surface area contributed by atoms with Crippen LogP contribution in [0.4, 0.5) is 0 Å². The molecule has 138 valence electrons. The van der Waals surface area contributed by atoms with Crippen LogP contribution in [0.5, 0.6) is 0 Å². The largest absolute Gasteiger partial charge is 0.359 e. The van der Waals surface area contributed by atoms with Crippen LogP contribution in [0.1, 0.15) is 49.1 Å². The van der Waals surface area contributed by atoms with Crippen molar-refractivity contribution in [1.29, 1.82) is 0 Å². The average Bonchev–Trinajstić information content (AvgIpc) is 2.90. The predicted octanol–water partition coefficient (Wildman–Crippen LogP) is 4.83. The molecule has 4 nitrogen and oxygen atoms in total. The van der Waals surface area contributed by atoms with Gasteiger partial charge in [-0.1, -0.05) is 19.3 Å². The van der Waals surface area contributed by atoms with E-state index in [-0.39, 0.29) is 0 Å². The van der Waals surface area contributed by atoms with Crippen LogP contribution in [0.3, 0.4) is 0 Å². The highest BCUT2D eigenvalue weighted by molar-refractivity contribution is 14.1. The summed E-state index contributed by atoms with van der Waals surface area (Å²) < 4.78 is 3.48. The molecule has 0 spiro atoms. The Morgan fingerprint density at radius 2 is 1.88 bits per heavy atom. The first-order valence-corrected chi connectivity index (χ1v) is 10.6. The second kappa shape index (κ2) is 8.99. The number of aryl methyl sites for hydroxylation is 1. The van der Waals surface area contributed by atoms with E-state index in [1.807, 2.05) is 6.21 Å². The van der Waals surface area contributed by atoms with Gasteiger partial charge in [-0.25, -0.2) is 0 Å². The van der Waals surface area contributed by atoms with Crippen LogP contribution in [-0.4, -0.2) is 21.9 Å². The van der Waals surface area contributed by atoms with Crippen molar-refractivity contribution in [3.8, 4) is 5.69 Å². The minimum absolute atomic E-state index is 0.491. The van der Waals surface area contributed by atoms with E-state index in [4.69, 9.17) is 12.2 Å². The fraction of sp³-hybridized carbons (Fsp3) is 0.400. The van der Waals surface area contributed by atoms with Crippen molar-refractivity contribution in [2.24, 2.45) is 5.10 Å². The fourth-order valence-electron chi connectivity index (χ4n) is 3.53. The Labute approximate surface area is 174 Å². The number of hydrogen-bond acceptors (Lipinski definition) is 2. The third-order valence-electron chi connectivity index (χ3n) is 4.87.